The molecule has 0 aliphatic heterocycles. The van der Waals surface area contributed by atoms with E-state index in [1.807, 2.05) is 0 Å². The molecule has 0 aromatic heterocycles. The van der Waals surface area contributed by atoms with Gasteiger partial charge in [0.25, 0.3) is 0 Å². The lowest BCUT2D eigenvalue weighted by Crippen LogP contribution is -2.12. The van der Waals surface area contributed by atoms with Crippen LogP contribution in [0.5, 0.6) is 0 Å². The minimum atomic E-state index is -0.199. The van der Waals surface area contributed by atoms with Gasteiger partial charge in [-0.25, -0.2) is 0 Å². The van der Waals surface area contributed by atoms with Crippen molar-refractivity contribution in [3.05, 3.63) is 0 Å². The van der Waals surface area contributed by atoms with Crippen LogP contribution in [0.4, 0.5) is 0 Å². The molecule has 6 heteroatoms. The lowest BCUT2D eigenvalue weighted by atomic mass is 10.5. The molecule has 0 unspecified atom stereocenters. The molecule has 0 aliphatic rings. The van der Waals surface area contributed by atoms with E-state index in [0.29, 0.717) is 6.54 Å². The molecule has 0 rings (SSSR count). The lowest BCUT2D eigenvalue weighted by Gasteiger charge is -1.91. The predicted molar refractivity (Wildman–Crippen MR) is 38.4 cm³/mol. The number of oxime groups is 1. The first-order chi connectivity index (χ1) is 5.35. The van der Waals surface area contributed by atoms with Crippen molar-refractivity contribution in [3.8, 4) is 6.07 Å². The van der Waals surface area contributed by atoms with Crippen molar-refractivity contribution in [3.63, 3.8) is 0 Å². The number of aliphatic hydroxyl groups is 1. The second-order valence-corrected chi connectivity index (χ2v) is 1.49. The van der Waals surface area contributed by atoms with Crippen LogP contribution in [-0.2, 0) is 0 Å². The molecule has 0 amide bonds. The summed E-state index contributed by atoms with van der Waals surface area (Å²) in [7, 11) is 0. The molecule has 0 atom stereocenters. The normalized spacial score (nSPS) is 11.5. The Bertz CT molecular complexity index is 193. The fourth-order valence-corrected chi connectivity index (χ4v) is 0.298. The minimum Gasteiger partial charge on any atom is -0.410 e. The molecule has 0 bridgehead atoms. The molecule has 11 heavy (non-hydrogen) atoms. The molecule has 3 N–H and O–H groups in total. The molecule has 0 aromatic carbocycles. The van der Waals surface area contributed by atoms with Crippen LogP contribution in [0.15, 0.2) is 10.3 Å². The number of nitrogens with zero attached hydrogens (tertiary/aromatic N) is 3. The van der Waals surface area contributed by atoms with Crippen LogP contribution in [0.25, 0.3) is 0 Å². The number of rotatable bonds is 4. The first-order valence-electron chi connectivity index (χ1n) is 2.84. The molecular formula is C5H8N4O2. The minimum absolute atomic E-state index is 0.0461. The third kappa shape index (κ3) is 4.87. The zero-order valence-electron chi connectivity index (χ0n) is 5.73. The van der Waals surface area contributed by atoms with Crippen molar-refractivity contribution in [2.45, 2.75) is 0 Å². The quantitative estimate of drug-likeness (QED) is 0.208. The van der Waals surface area contributed by atoms with Crippen molar-refractivity contribution in [2.75, 3.05) is 13.2 Å². The Morgan fingerprint density at radius 1 is 1.73 bits per heavy atom. The maximum absolute atomic E-state index is 8.26. The molecule has 6 nitrogen and oxygen atoms in total. The predicted octanol–water partition coefficient (Wildman–Crippen LogP) is -1.09. The summed E-state index contributed by atoms with van der Waals surface area (Å²) in [6, 6.07) is 1.58. The van der Waals surface area contributed by atoms with E-state index in [0.717, 1.165) is 6.21 Å². The molecule has 0 aliphatic carbocycles. The zero-order chi connectivity index (χ0) is 8.53. The van der Waals surface area contributed by atoms with Crippen LogP contribution in [0, 0.1) is 11.3 Å². The highest BCUT2D eigenvalue weighted by Crippen LogP contribution is 1.67. The van der Waals surface area contributed by atoms with Gasteiger partial charge in [-0.1, -0.05) is 5.16 Å². The van der Waals surface area contributed by atoms with Crippen LogP contribution >= 0.6 is 0 Å². The average molecular weight is 156 g/mol. The van der Waals surface area contributed by atoms with E-state index in [2.05, 4.69) is 15.7 Å². The topological polar surface area (TPSA) is 101 Å². The van der Waals surface area contributed by atoms with Gasteiger partial charge < -0.3 is 15.7 Å². The molecule has 0 fully saturated rings. The molecule has 60 valence electrons. The SMILES string of the molecule is N#CC(/C=N\NCCO)=N\O. The monoisotopic (exact) mass is 156 g/mol. The lowest BCUT2D eigenvalue weighted by molar-refractivity contribution is 0.294. The van der Waals surface area contributed by atoms with Gasteiger partial charge in [-0.15, -0.1) is 0 Å². The van der Waals surface area contributed by atoms with Gasteiger partial charge in [0.15, 0.2) is 5.71 Å². The van der Waals surface area contributed by atoms with Gasteiger partial charge in [-0.3, -0.25) is 0 Å². The van der Waals surface area contributed by atoms with Crippen LogP contribution in [-0.4, -0.2) is 35.4 Å². The number of hydrogen-bond donors (Lipinski definition) is 3. The molecule has 0 aromatic rings. The highest BCUT2D eigenvalue weighted by molar-refractivity contribution is 6.37. The summed E-state index contributed by atoms with van der Waals surface area (Å²) in [6.07, 6.45) is 1.05. The highest BCUT2D eigenvalue weighted by atomic mass is 16.4. The Balaban J connectivity index is 3.66. The molecule has 0 spiro atoms. The van der Waals surface area contributed by atoms with Crippen LogP contribution in [0.1, 0.15) is 0 Å². The summed E-state index contributed by atoms with van der Waals surface area (Å²) in [5.41, 5.74) is 2.21. The van der Waals surface area contributed by atoms with Crippen molar-refractivity contribution in [2.24, 2.45) is 10.3 Å². The maximum Gasteiger partial charge on any atom is 0.199 e. The van der Waals surface area contributed by atoms with E-state index in [4.69, 9.17) is 15.6 Å². The highest BCUT2D eigenvalue weighted by Gasteiger charge is 1.88. The Morgan fingerprint density at radius 3 is 2.91 bits per heavy atom. The molecule has 0 radical (unpaired) electrons. The molecule has 0 saturated heterocycles. The Labute approximate surface area is 63.4 Å². The van der Waals surface area contributed by atoms with Crippen LogP contribution < -0.4 is 5.43 Å². The van der Waals surface area contributed by atoms with Gasteiger partial charge in [0.2, 0.25) is 0 Å². The standard InChI is InChI=1S/C5H8N4O2/c6-3-5(9-11)4-8-7-1-2-10/h4,7,10-11H,1-2H2/b8-4-,9-5+. The van der Waals surface area contributed by atoms with Gasteiger partial charge in [0.1, 0.15) is 6.07 Å². The van der Waals surface area contributed by atoms with Crippen molar-refractivity contribution in [1.29, 1.82) is 5.26 Å². The van der Waals surface area contributed by atoms with Crippen molar-refractivity contribution in [1.82, 2.24) is 5.43 Å². The summed E-state index contributed by atoms with van der Waals surface area (Å²) in [6.45, 7) is 0.246. The first-order valence-corrected chi connectivity index (χ1v) is 2.84. The average Bonchev–Trinajstić information content (AvgIpc) is 2.05. The van der Waals surface area contributed by atoms with Gasteiger partial charge in [-0.05, 0) is 0 Å². The van der Waals surface area contributed by atoms with E-state index < -0.39 is 0 Å². The van der Waals surface area contributed by atoms with E-state index in [9.17, 15) is 0 Å². The molecular weight excluding hydrogens is 148 g/mol. The largest absolute Gasteiger partial charge is 0.410 e. The van der Waals surface area contributed by atoms with E-state index >= 15 is 0 Å². The number of nitrogens with one attached hydrogen (secondary N) is 1. The number of nitriles is 1. The van der Waals surface area contributed by atoms with Gasteiger partial charge in [-0.2, -0.15) is 10.4 Å². The summed E-state index contributed by atoms with van der Waals surface area (Å²) < 4.78 is 0. The van der Waals surface area contributed by atoms with Crippen molar-refractivity contribution >= 4 is 11.9 Å². The first kappa shape index (κ1) is 9.39. The summed E-state index contributed by atoms with van der Waals surface area (Å²) >= 11 is 0. The fraction of sp³-hybridized carbons (Fsp3) is 0.400. The Hall–Kier alpha value is -1.61. The summed E-state index contributed by atoms with van der Waals surface area (Å²) in [4.78, 5) is 0. The number of aliphatic hydroxyl groups excluding tert-OH is 1. The summed E-state index contributed by atoms with van der Waals surface area (Å²) in [5, 5.41) is 30.6. The number of hydrazone groups is 1. The van der Waals surface area contributed by atoms with Crippen molar-refractivity contribution < 1.29 is 10.3 Å². The molecule has 0 saturated carbocycles. The smallest absolute Gasteiger partial charge is 0.199 e. The number of hydrogen-bond acceptors (Lipinski definition) is 6. The second-order valence-electron chi connectivity index (χ2n) is 1.49. The van der Waals surface area contributed by atoms with Crippen LogP contribution in [0.2, 0.25) is 0 Å². The van der Waals surface area contributed by atoms with Gasteiger partial charge in [0, 0.05) is 0 Å². The Kier molecular flexibility index (Phi) is 5.56. The van der Waals surface area contributed by atoms with E-state index in [1.54, 1.807) is 6.07 Å². The van der Waals surface area contributed by atoms with E-state index in [-0.39, 0.29) is 12.3 Å². The van der Waals surface area contributed by atoms with E-state index in [1.165, 1.54) is 0 Å². The third-order valence-corrected chi connectivity index (χ3v) is 0.724. The fourth-order valence-electron chi connectivity index (χ4n) is 0.298. The second kappa shape index (κ2) is 6.51. The summed E-state index contributed by atoms with van der Waals surface area (Å²) in [5.74, 6) is 0. The Morgan fingerprint density at radius 2 is 2.45 bits per heavy atom. The van der Waals surface area contributed by atoms with Gasteiger partial charge >= 0.3 is 0 Å². The third-order valence-electron chi connectivity index (χ3n) is 0.724. The van der Waals surface area contributed by atoms with Crippen LogP contribution in [0.3, 0.4) is 0 Å². The zero-order valence-corrected chi connectivity index (χ0v) is 5.73. The molecule has 0 heterocycles. The maximum atomic E-state index is 8.26. The van der Waals surface area contributed by atoms with Gasteiger partial charge in [0.05, 0.1) is 19.4 Å².